The molecule has 8 heteroatoms. The topological polar surface area (TPSA) is 123 Å². The first kappa shape index (κ1) is 15.8. The summed E-state index contributed by atoms with van der Waals surface area (Å²) >= 11 is 0. The van der Waals surface area contributed by atoms with Gasteiger partial charge in [-0.15, -0.1) is 0 Å². The van der Waals surface area contributed by atoms with Crippen LogP contribution in [0.3, 0.4) is 0 Å². The van der Waals surface area contributed by atoms with Crippen molar-refractivity contribution in [2.45, 2.75) is 6.54 Å². The summed E-state index contributed by atoms with van der Waals surface area (Å²) in [5.74, 6) is 1.25. The van der Waals surface area contributed by atoms with Crippen molar-refractivity contribution in [2.24, 2.45) is 5.28 Å². The maximum absolute atomic E-state index is 11.0. The number of hydrogen-bond donors (Lipinski definition) is 2. The Labute approximate surface area is 105 Å². The summed E-state index contributed by atoms with van der Waals surface area (Å²) in [6, 6.07) is 3.28. The first-order chi connectivity index (χ1) is 8.17. The fraction of sp³-hybridized carbons (Fsp3) is 0.400. The van der Waals surface area contributed by atoms with Crippen LogP contribution >= 0.6 is 0 Å². The maximum atomic E-state index is 11.0. The van der Waals surface area contributed by atoms with Crippen molar-refractivity contribution in [3.63, 3.8) is 0 Å². The van der Waals surface area contributed by atoms with E-state index in [9.17, 15) is 5.21 Å². The fourth-order valence-corrected chi connectivity index (χ4v) is 1.47. The van der Waals surface area contributed by atoms with E-state index < -0.39 is 0 Å². The molecule has 0 fully saturated rings. The Hall–Kier alpha value is -2.22. The predicted molar refractivity (Wildman–Crippen MR) is 63.6 cm³/mol. The molecule has 0 amide bonds. The van der Waals surface area contributed by atoms with Crippen LogP contribution < -0.4 is 20.4 Å². The number of hydroxylamine groups is 1. The number of benzene rings is 1. The van der Waals surface area contributed by atoms with Gasteiger partial charge in [-0.25, -0.2) is 0 Å². The first-order valence-electron chi connectivity index (χ1n) is 4.75. The van der Waals surface area contributed by atoms with Gasteiger partial charge >= 0.3 is 0 Å². The number of methoxy groups -OCH3 is 3. The molecule has 0 aliphatic carbocycles. The molecule has 0 atom stereocenters. The van der Waals surface area contributed by atoms with Crippen molar-refractivity contribution in [1.29, 1.82) is 0 Å². The van der Waals surface area contributed by atoms with E-state index in [4.69, 9.17) is 19.4 Å². The summed E-state index contributed by atoms with van der Waals surface area (Å²) in [5.41, 5.74) is 0.526. The molecule has 1 aromatic rings. The van der Waals surface area contributed by atoms with Gasteiger partial charge in [0, 0.05) is 0 Å². The van der Waals surface area contributed by atoms with Crippen LogP contribution in [-0.2, 0) is 6.54 Å². The van der Waals surface area contributed by atoms with Gasteiger partial charge in [0.15, 0.2) is 16.8 Å². The summed E-state index contributed by atoms with van der Waals surface area (Å²) in [4.78, 5) is 0.129. The lowest BCUT2D eigenvalue weighted by Gasteiger charge is -2.14. The highest BCUT2D eigenvalue weighted by molar-refractivity contribution is 5.55. The van der Waals surface area contributed by atoms with Gasteiger partial charge < -0.3 is 30.8 Å². The Morgan fingerprint density at radius 3 is 2.22 bits per heavy atom. The normalized spacial score (nSPS) is 10.5. The van der Waals surface area contributed by atoms with Gasteiger partial charge in [-0.3, -0.25) is 0 Å². The van der Waals surface area contributed by atoms with Crippen LogP contribution in [0.5, 0.6) is 17.2 Å². The molecule has 0 saturated carbocycles. The second-order valence-corrected chi connectivity index (χ2v) is 3.09. The van der Waals surface area contributed by atoms with Crippen molar-refractivity contribution < 1.29 is 24.3 Å². The van der Waals surface area contributed by atoms with Gasteiger partial charge in [0.2, 0.25) is 12.3 Å². The summed E-state index contributed by atoms with van der Waals surface area (Å²) in [7, 11) is 4.42. The minimum atomic E-state index is -0.153. The molecule has 0 saturated heterocycles. The highest BCUT2D eigenvalue weighted by Crippen LogP contribution is 2.39. The molecule has 102 valence electrons. The predicted octanol–water partition coefficient (Wildman–Crippen LogP) is 1.94. The van der Waals surface area contributed by atoms with E-state index in [-0.39, 0.29) is 17.6 Å². The van der Waals surface area contributed by atoms with Crippen LogP contribution in [0.4, 0.5) is 0 Å². The number of hydrogen-bond acceptors (Lipinski definition) is 5. The summed E-state index contributed by atoms with van der Waals surface area (Å²) < 4.78 is 15.4. The van der Waals surface area contributed by atoms with Crippen LogP contribution in [0.1, 0.15) is 5.56 Å². The molecule has 0 unspecified atom stereocenters. The second-order valence-electron chi connectivity index (χ2n) is 3.09. The van der Waals surface area contributed by atoms with Crippen LogP contribution in [0, 0.1) is 5.21 Å². The van der Waals surface area contributed by atoms with E-state index in [1.165, 1.54) is 21.3 Å². The second kappa shape index (κ2) is 7.17. The molecule has 1 rings (SSSR count). The molecule has 0 bridgehead atoms. The van der Waals surface area contributed by atoms with Crippen molar-refractivity contribution in [3.05, 3.63) is 22.9 Å². The molecule has 0 radical (unpaired) electrons. The van der Waals surface area contributed by atoms with Crippen molar-refractivity contribution >= 4 is 0 Å². The lowest BCUT2D eigenvalue weighted by Crippen LogP contribution is -2.04. The van der Waals surface area contributed by atoms with E-state index in [0.717, 1.165) is 0 Å². The summed E-state index contributed by atoms with van der Waals surface area (Å²) in [6.45, 7) is -0.153. The molecule has 1 aromatic carbocycles. The minimum Gasteiger partial charge on any atom is -0.597 e. The van der Waals surface area contributed by atoms with Gasteiger partial charge in [0.1, 0.15) is 0 Å². The smallest absolute Gasteiger partial charge is 0.213 e. The van der Waals surface area contributed by atoms with Crippen LogP contribution in [0.2, 0.25) is 0 Å². The molecule has 0 heterocycles. The number of rotatable bonds is 5. The zero-order valence-electron chi connectivity index (χ0n) is 10.8. The number of nitrogens with zero attached hydrogens (tertiary/aromatic N) is 2. The molecular formula is C10H18N3O5+. The van der Waals surface area contributed by atoms with Gasteiger partial charge in [0.05, 0.1) is 26.9 Å². The highest BCUT2D eigenvalue weighted by atomic mass is 16.6. The maximum Gasteiger partial charge on any atom is 0.213 e. The van der Waals surface area contributed by atoms with E-state index in [2.05, 4.69) is 5.28 Å². The van der Waals surface area contributed by atoms with E-state index >= 15 is 0 Å². The van der Waals surface area contributed by atoms with Crippen molar-refractivity contribution in [2.75, 3.05) is 21.3 Å². The minimum absolute atomic E-state index is 0. The average Bonchev–Trinajstić information content (AvgIpc) is 2.37. The van der Waals surface area contributed by atoms with E-state index in [1.807, 2.05) is 0 Å². The Morgan fingerprint density at radius 2 is 1.78 bits per heavy atom. The van der Waals surface area contributed by atoms with Crippen molar-refractivity contribution in [3.8, 4) is 17.2 Å². The zero-order valence-corrected chi connectivity index (χ0v) is 10.8. The van der Waals surface area contributed by atoms with Gasteiger partial charge in [-0.05, 0) is 12.1 Å². The lowest BCUT2D eigenvalue weighted by atomic mass is 10.1. The van der Waals surface area contributed by atoms with Crippen LogP contribution in [0.25, 0.3) is 0 Å². The third-order valence-corrected chi connectivity index (χ3v) is 2.19. The molecule has 5 N–H and O–H groups in total. The molecule has 0 spiro atoms. The van der Waals surface area contributed by atoms with Gasteiger partial charge in [-0.1, -0.05) is 4.86 Å². The summed E-state index contributed by atoms with van der Waals surface area (Å²) in [6.07, 6.45) is 0. The highest BCUT2D eigenvalue weighted by Gasteiger charge is 2.18. The molecule has 0 aromatic heterocycles. The molecular weight excluding hydrogens is 242 g/mol. The largest absolute Gasteiger partial charge is 0.597 e. The molecule has 0 aliphatic rings. The monoisotopic (exact) mass is 260 g/mol. The molecule has 18 heavy (non-hydrogen) atoms. The number of ether oxygens (including phenoxy) is 3. The number of quaternary nitrogens is 1. The lowest BCUT2D eigenvalue weighted by molar-refractivity contribution is -0.570. The van der Waals surface area contributed by atoms with Gasteiger partial charge in [0.25, 0.3) is 0 Å². The van der Waals surface area contributed by atoms with Gasteiger partial charge in [-0.2, -0.15) is 0 Å². The zero-order chi connectivity index (χ0) is 12.8. The summed E-state index contributed by atoms with van der Waals surface area (Å²) in [5, 5.41) is 21.8. The van der Waals surface area contributed by atoms with E-state index in [0.29, 0.717) is 22.8 Å². The Bertz CT molecular complexity index is 422. The Morgan fingerprint density at radius 1 is 1.17 bits per heavy atom. The SMILES string of the molecule is COc1ccc(C/[N+]([O-])=N/O)c(OC)c1OC.[NH4+]. The third-order valence-electron chi connectivity index (χ3n) is 2.19. The fourth-order valence-electron chi connectivity index (χ4n) is 1.47. The van der Waals surface area contributed by atoms with Crippen molar-refractivity contribution in [1.82, 2.24) is 6.15 Å². The quantitative estimate of drug-likeness (QED) is 0.475. The van der Waals surface area contributed by atoms with E-state index in [1.54, 1.807) is 12.1 Å². The average molecular weight is 260 g/mol. The molecule has 0 aliphatic heterocycles. The first-order valence-corrected chi connectivity index (χ1v) is 4.75. The Balaban J connectivity index is 0.00000289. The van der Waals surface area contributed by atoms with Crippen LogP contribution in [-0.4, -0.2) is 31.4 Å². The standard InChI is InChI=1S/C10H14N2O5.H3N/c1-15-8-5-4-7(6-12(14)11-13)9(16-2)10(8)17-3;/h4-5,13H,6H2,1-3H3;1H3/p+1/b12-11-;. The molecule has 8 nitrogen and oxygen atoms in total. The third kappa shape index (κ3) is 3.14. The van der Waals surface area contributed by atoms with Crippen LogP contribution in [0.15, 0.2) is 17.4 Å². The Kier molecular flexibility index (Phi) is 6.29.